The highest BCUT2D eigenvalue weighted by atomic mass is 14.9. The summed E-state index contributed by atoms with van der Waals surface area (Å²) in [5.41, 5.74) is 3.14. The first kappa shape index (κ1) is 30.2. The van der Waals surface area contributed by atoms with Crippen LogP contribution in [0.25, 0.3) is 0 Å². The van der Waals surface area contributed by atoms with Gasteiger partial charge in [0, 0.05) is 17.5 Å². The molecule has 0 fully saturated rings. The van der Waals surface area contributed by atoms with E-state index in [-0.39, 0.29) is 0 Å². The molecular formula is C32H60N+. The molecule has 1 heteroatoms. The number of pyridine rings is 1. The molecule has 0 bridgehead atoms. The maximum Gasteiger partial charge on any atom is 0.171 e. The van der Waals surface area contributed by atoms with Crippen molar-refractivity contribution in [2.24, 2.45) is 0 Å². The third-order valence-electron chi connectivity index (χ3n) is 7.19. The zero-order chi connectivity index (χ0) is 23.8. The van der Waals surface area contributed by atoms with Crippen molar-refractivity contribution in [1.82, 2.24) is 0 Å². The molecule has 0 spiro atoms. The lowest BCUT2D eigenvalue weighted by Gasteiger charge is -2.06. The van der Waals surface area contributed by atoms with Crippen molar-refractivity contribution in [2.75, 3.05) is 0 Å². The van der Waals surface area contributed by atoms with E-state index in [0.717, 1.165) is 0 Å². The topological polar surface area (TPSA) is 3.88 Å². The molecule has 1 nitrogen and oxygen atoms in total. The number of unbranched alkanes of at least 4 members (excludes halogenated alkanes) is 18. The second-order valence-electron chi connectivity index (χ2n) is 10.7. The Morgan fingerprint density at radius 1 is 0.424 bits per heavy atom. The first-order valence-electron chi connectivity index (χ1n) is 15.3. The first-order valence-corrected chi connectivity index (χ1v) is 15.3. The lowest BCUT2D eigenvalue weighted by atomic mass is 10.0. The summed E-state index contributed by atoms with van der Waals surface area (Å²) < 4.78 is 2.52. The van der Waals surface area contributed by atoms with Crippen LogP contribution in [0.15, 0.2) is 18.5 Å². The van der Waals surface area contributed by atoms with Crippen LogP contribution in [0, 0.1) is 0 Å². The van der Waals surface area contributed by atoms with Crippen molar-refractivity contribution in [3.63, 3.8) is 0 Å². The number of hydrogen-bond acceptors (Lipinski definition) is 0. The van der Waals surface area contributed by atoms with Gasteiger partial charge < -0.3 is 0 Å². The van der Waals surface area contributed by atoms with Crippen LogP contribution in [0.4, 0.5) is 0 Å². The van der Waals surface area contributed by atoms with Gasteiger partial charge in [0.15, 0.2) is 12.4 Å². The second-order valence-corrected chi connectivity index (χ2v) is 10.7. The molecule has 0 unspecified atom stereocenters. The normalized spacial score (nSPS) is 11.4. The van der Waals surface area contributed by atoms with Crippen LogP contribution in [0.2, 0.25) is 0 Å². The molecule has 0 N–H and O–H groups in total. The van der Waals surface area contributed by atoms with Crippen molar-refractivity contribution in [3.05, 3.63) is 29.6 Å². The standard InChI is InChI=1S/C32H60N/c1-4-7-10-11-12-13-14-15-16-17-18-19-20-21-24-27-33-29-31(25-22-8-5-2)28-32(30-33)26-23-9-6-3/h28-30H,4-27H2,1-3H3/q+1. The van der Waals surface area contributed by atoms with E-state index >= 15 is 0 Å². The fraction of sp³-hybridized carbons (Fsp3) is 0.844. The molecule has 1 heterocycles. The average molecular weight is 459 g/mol. The summed E-state index contributed by atoms with van der Waals surface area (Å²) in [6.45, 7) is 8.12. The highest BCUT2D eigenvalue weighted by Gasteiger charge is 2.08. The Morgan fingerprint density at radius 2 is 0.758 bits per heavy atom. The number of hydrogen-bond donors (Lipinski definition) is 0. The van der Waals surface area contributed by atoms with Crippen LogP contribution in [-0.4, -0.2) is 0 Å². The summed E-state index contributed by atoms with van der Waals surface area (Å²) in [6.07, 6.45) is 37.1. The van der Waals surface area contributed by atoms with Crippen molar-refractivity contribution < 1.29 is 4.57 Å². The molecule has 0 aliphatic rings. The molecule has 1 rings (SSSR count). The third kappa shape index (κ3) is 18.2. The number of rotatable bonds is 24. The second kappa shape index (κ2) is 22.9. The van der Waals surface area contributed by atoms with Gasteiger partial charge in [-0.1, -0.05) is 130 Å². The lowest BCUT2D eigenvalue weighted by molar-refractivity contribution is -0.698. The summed E-state index contributed by atoms with van der Waals surface area (Å²) in [6, 6.07) is 2.49. The Bertz CT molecular complexity index is 507. The van der Waals surface area contributed by atoms with Crippen molar-refractivity contribution in [3.8, 4) is 0 Å². The molecule has 192 valence electrons. The minimum Gasteiger partial charge on any atom is -0.205 e. The Balaban J connectivity index is 2.12. The molecule has 0 saturated carbocycles. The minimum absolute atomic E-state index is 1.21. The number of nitrogens with zero attached hydrogens (tertiary/aromatic N) is 1. The van der Waals surface area contributed by atoms with Crippen LogP contribution >= 0.6 is 0 Å². The van der Waals surface area contributed by atoms with E-state index in [0.29, 0.717) is 0 Å². The van der Waals surface area contributed by atoms with Crippen LogP contribution in [0.3, 0.4) is 0 Å². The van der Waals surface area contributed by atoms with Crippen LogP contribution in [0.5, 0.6) is 0 Å². The molecule has 0 amide bonds. The third-order valence-corrected chi connectivity index (χ3v) is 7.19. The van der Waals surface area contributed by atoms with Gasteiger partial charge in [-0.2, -0.15) is 0 Å². The predicted molar refractivity (Wildman–Crippen MR) is 148 cm³/mol. The van der Waals surface area contributed by atoms with Crippen LogP contribution < -0.4 is 4.57 Å². The number of aryl methyl sites for hydroxylation is 3. The fourth-order valence-electron chi connectivity index (χ4n) is 5.00. The van der Waals surface area contributed by atoms with Gasteiger partial charge in [0.1, 0.15) is 6.54 Å². The molecule has 0 radical (unpaired) electrons. The molecule has 0 atom stereocenters. The minimum atomic E-state index is 1.21. The Labute approximate surface area is 209 Å². The van der Waals surface area contributed by atoms with E-state index in [1.165, 1.54) is 154 Å². The largest absolute Gasteiger partial charge is 0.205 e. The van der Waals surface area contributed by atoms with Gasteiger partial charge in [0.25, 0.3) is 0 Å². The Morgan fingerprint density at radius 3 is 1.15 bits per heavy atom. The SMILES string of the molecule is CCCCCCCCCCCCCCCCC[n+]1cc(CCCCC)cc(CCCCC)c1. The van der Waals surface area contributed by atoms with Gasteiger partial charge in [0.05, 0.1) is 0 Å². The summed E-state index contributed by atoms with van der Waals surface area (Å²) >= 11 is 0. The zero-order valence-electron chi connectivity index (χ0n) is 23.1. The maximum atomic E-state index is 2.52. The van der Waals surface area contributed by atoms with E-state index in [1.807, 2.05) is 0 Å². The quantitative estimate of drug-likeness (QED) is 0.107. The van der Waals surface area contributed by atoms with Crippen molar-refractivity contribution >= 4 is 0 Å². The lowest BCUT2D eigenvalue weighted by Crippen LogP contribution is -2.34. The summed E-state index contributed by atoms with van der Waals surface area (Å²) in [4.78, 5) is 0. The smallest absolute Gasteiger partial charge is 0.171 e. The van der Waals surface area contributed by atoms with Gasteiger partial charge in [-0.25, -0.2) is 4.57 Å². The summed E-state index contributed by atoms with van der Waals surface area (Å²) in [5.74, 6) is 0. The zero-order valence-corrected chi connectivity index (χ0v) is 23.1. The number of aromatic nitrogens is 1. The predicted octanol–water partition coefficient (Wildman–Crippen LogP) is 10.3. The molecule has 0 aromatic carbocycles. The fourth-order valence-corrected chi connectivity index (χ4v) is 5.00. The van der Waals surface area contributed by atoms with Gasteiger partial charge >= 0.3 is 0 Å². The van der Waals surface area contributed by atoms with Gasteiger partial charge in [-0.3, -0.25) is 0 Å². The molecule has 0 saturated heterocycles. The molecule has 33 heavy (non-hydrogen) atoms. The molecular weight excluding hydrogens is 398 g/mol. The average Bonchev–Trinajstić information content (AvgIpc) is 2.82. The Hall–Kier alpha value is -0.850. The maximum absolute atomic E-state index is 2.52. The van der Waals surface area contributed by atoms with Gasteiger partial charge in [-0.05, 0) is 38.2 Å². The van der Waals surface area contributed by atoms with E-state index < -0.39 is 0 Å². The molecule has 1 aromatic heterocycles. The summed E-state index contributed by atoms with van der Waals surface area (Å²) in [5, 5.41) is 0. The first-order chi connectivity index (χ1) is 16.3. The summed E-state index contributed by atoms with van der Waals surface area (Å²) in [7, 11) is 0. The highest BCUT2D eigenvalue weighted by Crippen LogP contribution is 2.14. The molecule has 0 aliphatic carbocycles. The van der Waals surface area contributed by atoms with E-state index in [4.69, 9.17) is 0 Å². The highest BCUT2D eigenvalue weighted by molar-refractivity contribution is 5.15. The Kier molecular flexibility index (Phi) is 21.0. The molecule has 1 aromatic rings. The van der Waals surface area contributed by atoms with E-state index in [2.05, 4.69) is 43.8 Å². The van der Waals surface area contributed by atoms with Crippen molar-refractivity contribution in [1.29, 1.82) is 0 Å². The van der Waals surface area contributed by atoms with Crippen molar-refractivity contribution in [2.45, 2.75) is 175 Å². The van der Waals surface area contributed by atoms with Crippen LogP contribution in [0.1, 0.15) is 167 Å². The van der Waals surface area contributed by atoms with E-state index in [9.17, 15) is 0 Å². The van der Waals surface area contributed by atoms with Crippen LogP contribution in [-0.2, 0) is 19.4 Å². The van der Waals surface area contributed by atoms with Gasteiger partial charge in [0.2, 0.25) is 0 Å². The monoisotopic (exact) mass is 458 g/mol. The molecule has 0 aliphatic heterocycles. The van der Waals surface area contributed by atoms with Gasteiger partial charge in [-0.15, -0.1) is 0 Å². The van der Waals surface area contributed by atoms with E-state index in [1.54, 1.807) is 11.1 Å².